The summed E-state index contributed by atoms with van der Waals surface area (Å²) in [5, 5.41) is 30.7. The highest BCUT2D eigenvalue weighted by molar-refractivity contribution is 5.19. The van der Waals surface area contributed by atoms with E-state index in [9.17, 15) is 15.3 Å². The number of aliphatic hydroxyl groups excluding tert-OH is 1. The van der Waals surface area contributed by atoms with E-state index in [1.165, 1.54) is 5.57 Å². The maximum atomic E-state index is 10.7. The second kappa shape index (κ2) is 4.62. The van der Waals surface area contributed by atoms with Crippen molar-refractivity contribution in [1.29, 1.82) is 0 Å². The molecule has 1 saturated carbocycles. The highest BCUT2D eigenvalue weighted by atomic mass is 16.3. The molecule has 0 aromatic heterocycles. The molecule has 3 heteroatoms. The predicted molar refractivity (Wildman–Crippen MR) is 71.0 cm³/mol. The molecule has 3 nitrogen and oxygen atoms in total. The maximum Gasteiger partial charge on any atom is 0.0915 e. The third-order valence-corrected chi connectivity index (χ3v) is 5.06. The Kier molecular flexibility index (Phi) is 3.60. The first-order valence-corrected chi connectivity index (χ1v) is 7.06. The van der Waals surface area contributed by atoms with Gasteiger partial charge in [0.15, 0.2) is 0 Å². The van der Waals surface area contributed by atoms with E-state index in [1.54, 1.807) is 0 Å². The largest absolute Gasteiger partial charge is 0.393 e. The zero-order chi connectivity index (χ0) is 13.6. The number of hydrogen-bond donors (Lipinski definition) is 3. The minimum Gasteiger partial charge on any atom is -0.393 e. The molecule has 0 aliphatic heterocycles. The fourth-order valence-electron chi connectivity index (χ4n) is 3.66. The minimum atomic E-state index is -1.03. The van der Waals surface area contributed by atoms with Gasteiger partial charge in [0.25, 0.3) is 0 Å². The van der Waals surface area contributed by atoms with Crippen LogP contribution < -0.4 is 0 Å². The minimum absolute atomic E-state index is 0.0197. The van der Waals surface area contributed by atoms with Gasteiger partial charge in [-0.2, -0.15) is 0 Å². The molecule has 3 N–H and O–H groups in total. The van der Waals surface area contributed by atoms with E-state index >= 15 is 0 Å². The van der Waals surface area contributed by atoms with Crippen molar-refractivity contribution >= 4 is 0 Å². The van der Waals surface area contributed by atoms with Crippen molar-refractivity contribution in [1.82, 2.24) is 0 Å². The third-order valence-electron chi connectivity index (χ3n) is 5.06. The van der Waals surface area contributed by atoms with Crippen LogP contribution in [0.1, 0.15) is 46.5 Å². The average molecular weight is 254 g/mol. The van der Waals surface area contributed by atoms with Crippen LogP contribution in [0.4, 0.5) is 0 Å². The summed E-state index contributed by atoms with van der Waals surface area (Å²) >= 11 is 0. The molecule has 104 valence electrons. The van der Waals surface area contributed by atoms with E-state index in [-0.39, 0.29) is 18.4 Å². The van der Waals surface area contributed by atoms with Crippen LogP contribution in [0.3, 0.4) is 0 Å². The maximum absolute atomic E-state index is 10.7. The van der Waals surface area contributed by atoms with Gasteiger partial charge in [0.1, 0.15) is 0 Å². The van der Waals surface area contributed by atoms with E-state index in [1.807, 2.05) is 6.92 Å². The molecular formula is C15H26O3. The predicted octanol–water partition coefficient (Wildman–Crippen LogP) is 1.86. The van der Waals surface area contributed by atoms with Crippen LogP contribution >= 0.6 is 0 Å². The van der Waals surface area contributed by atoms with Crippen LogP contribution in [0.25, 0.3) is 0 Å². The van der Waals surface area contributed by atoms with Crippen molar-refractivity contribution in [2.45, 2.75) is 57.7 Å². The number of allylic oxidation sites excluding steroid dienone is 1. The molecule has 4 atom stereocenters. The third kappa shape index (κ3) is 2.24. The average Bonchev–Trinajstić information content (AvgIpc) is 2.50. The van der Waals surface area contributed by atoms with Gasteiger partial charge in [-0.15, -0.1) is 0 Å². The quantitative estimate of drug-likeness (QED) is 0.659. The van der Waals surface area contributed by atoms with Gasteiger partial charge in [-0.1, -0.05) is 25.5 Å². The summed E-state index contributed by atoms with van der Waals surface area (Å²) in [4.78, 5) is 0. The lowest BCUT2D eigenvalue weighted by Crippen LogP contribution is -2.45. The number of hydrogen-bond acceptors (Lipinski definition) is 3. The Labute approximate surface area is 110 Å². The first-order valence-electron chi connectivity index (χ1n) is 7.06. The molecule has 2 rings (SSSR count). The second-order valence-corrected chi connectivity index (χ2v) is 6.69. The molecule has 0 amide bonds. The molecule has 2 aliphatic rings. The Hall–Kier alpha value is -0.380. The summed E-state index contributed by atoms with van der Waals surface area (Å²) in [6.45, 7) is 5.94. The lowest BCUT2D eigenvalue weighted by atomic mass is 9.77. The molecular weight excluding hydrogens is 228 g/mol. The van der Waals surface area contributed by atoms with Crippen molar-refractivity contribution in [3.05, 3.63) is 11.6 Å². The molecule has 0 aromatic carbocycles. The summed E-state index contributed by atoms with van der Waals surface area (Å²) in [7, 11) is 0. The molecule has 0 bridgehead atoms. The topological polar surface area (TPSA) is 60.7 Å². The fraction of sp³-hybridized carbons (Fsp3) is 0.867. The zero-order valence-corrected chi connectivity index (χ0v) is 11.7. The van der Waals surface area contributed by atoms with Gasteiger partial charge in [-0.25, -0.2) is 0 Å². The molecule has 18 heavy (non-hydrogen) atoms. The zero-order valence-electron chi connectivity index (χ0n) is 11.7. The van der Waals surface area contributed by atoms with Crippen molar-refractivity contribution in [3.8, 4) is 0 Å². The normalized spacial score (nSPS) is 44.7. The van der Waals surface area contributed by atoms with Crippen LogP contribution in [-0.2, 0) is 0 Å². The molecule has 0 saturated heterocycles. The smallest absolute Gasteiger partial charge is 0.0915 e. The Bertz CT molecular complexity index is 346. The lowest BCUT2D eigenvalue weighted by molar-refractivity contribution is -0.0858. The summed E-state index contributed by atoms with van der Waals surface area (Å²) < 4.78 is 0. The summed E-state index contributed by atoms with van der Waals surface area (Å²) in [5.41, 5.74) is -0.479. The molecule has 0 radical (unpaired) electrons. The van der Waals surface area contributed by atoms with Crippen molar-refractivity contribution in [3.63, 3.8) is 0 Å². The molecule has 0 aromatic rings. The van der Waals surface area contributed by atoms with E-state index in [4.69, 9.17) is 0 Å². The SMILES string of the molecule is CC(C)C1=CC2C(CCC2(C)O)C(O)(CO)CC1. The summed E-state index contributed by atoms with van der Waals surface area (Å²) in [5.74, 6) is 0.381. The fourth-order valence-corrected chi connectivity index (χ4v) is 3.66. The molecule has 4 unspecified atom stereocenters. The van der Waals surface area contributed by atoms with Gasteiger partial charge in [0, 0.05) is 5.92 Å². The van der Waals surface area contributed by atoms with Gasteiger partial charge in [0.05, 0.1) is 17.8 Å². The summed E-state index contributed by atoms with van der Waals surface area (Å²) in [6, 6.07) is 0. The highest BCUT2D eigenvalue weighted by Gasteiger charge is 2.52. The molecule has 0 heterocycles. The van der Waals surface area contributed by atoms with Crippen LogP contribution in [0.15, 0.2) is 11.6 Å². The van der Waals surface area contributed by atoms with E-state index in [0.717, 1.165) is 12.8 Å². The first kappa shape index (κ1) is 14.0. The highest BCUT2D eigenvalue weighted by Crippen LogP contribution is 2.50. The van der Waals surface area contributed by atoms with Gasteiger partial charge in [-0.3, -0.25) is 0 Å². The van der Waals surface area contributed by atoms with Crippen LogP contribution in [0.2, 0.25) is 0 Å². The van der Waals surface area contributed by atoms with Crippen LogP contribution in [-0.4, -0.2) is 33.1 Å². The Morgan fingerprint density at radius 3 is 2.56 bits per heavy atom. The number of fused-ring (bicyclic) bond motifs is 1. The van der Waals surface area contributed by atoms with E-state index in [2.05, 4.69) is 19.9 Å². The monoisotopic (exact) mass is 254 g/mol. The standard InChI is InChI=1S/C15H26O3/c1-10(2)11-4-7-15(18,9-16)12-5-6-14(3,17)13(12)8-11/h8,10,12-13,16-18H,4-7,9H2,1-3H3. The van der Waals surface area contributed by atoms with Crippen molar-refractivity contribution < 1.29 is 15.3 Å². The van der Waals surface area contributed by atoms with E-state index < -0.39 is 11.2 Å². The molecule has 1 fully saturated rings. The van der Waals surface area contributed by atoms with Gasteiger partial charge < -0.3 is 15.3 Å². The second-order valence-electron chi connectivity index (χ2n) is 6.69. The van der Waals surface area contributed by atoms with Crippen molar-refractivity contribution in [2.24, 2.45) is 17.8 Å². The molecule has 0 spiro atoms. The van der Waals surface area contributed by atoms with E-state index in [0.29, 0.717) is 18.8 Å². The number of rotatable bonds is 2. The van der Waals surface area contributed by atoms with Gasteiger partial charge >= 0.3 is 0 Å². The van der Waals surface area contributed by atoms with Crippen LogP contribution in [0.5, 0.6) is 0 Å². The number of aliphatic hydroxyl groups is 3. The Balaban J connectivity index is 2.38. The Morgan fingerprint density at radius 2 is 2.00 bits per heavy atom. The Morgan fingerprint density at radius 1 is 1.33 bits per heavy atom. The summed E-state index contributed by atoms with van der Waals surface area (Å²) in [6.07, 6.45) is 5.08. The molecule has 2 aliphatic carbocycles. The first-order chi connectivity index (χ1) is 8.30. The van der Waals surface area contributed by atoms with Crippen molar-refractivity contribution in [2.75, 3.05) is 6.61 Å². The van der Waals surface area contributed by atoms with Crippen LogP contribution in [0, 0.1) is 17.8 Å². The van der Waals surface area contributed by atoms with Gasteiger partial charge in [-0.05, 0) is 44.4 Å². The van der Waals surface area contributed by atoms with Gasteiger partial charge in [0.2, 0.25) is 0 Å². The lowest BCUT2D eigenvalue weighted by Gasteiger charge is -2.36.